The van der Waals surface area contributed by atoms with Gasteiger partial charge >= 0.3 is 190 Å². The second-order valence-electron chi connectivity index (χ2n) is 9.42. The number of hydrogen-bond acceptors (Lipinski definition) is 2. The van der Waals surface area contributed by atoms with Gasteiger partial charge in [0, 0.05) is 0 Å². The average Bonchev–Trinajstić information content (AvgIpc) is 2.91. The van der Waals surface area contributed by atoms with E-state index >= 15 is 0 Å². The van der Waals surface area contributed by atoms with Crippen molar-refractivity contribution in [3.05, 3.63) is 91.0 Å². The van der Waals surface area contributed by atoms with Crippen LogP contribution in [0.4, 0.5) is 0 Å². The fraction of sp³-hybridized carbons (Fsp3) is 0.333. The fourth-order valence-corrected chi connectivity index (χ4v) is 10.00. The first-order valence-electron chi connectivity index (χ1n) is 13.2. The number of rotatable bonds is 14. The Morgan fingerprint density at radius 1 is 0.583 bits per heavy atom. The minimum atomic E-state index is -2.08. The molecule has 0 aromatic heterocycles. The average molecular weight is 504 g/mol. The number of benzene rings is 3. The van der Waals surface area contributed by atoms with Gasteiger partial charge in [-0.25, -0.2) is 0 Å². The summed E-state index contributed by atoms with van der Waals surface area (Å²) in [4.78, 5) is 0. The summed E-state index contributed by atoms with van der Waals surface area (Å²) in [6, 6.07) is 33.6. The Hall–Kier alpha value is -3.17. The van der Waals surface area contributed by atoms with E-state index in [1.54, 1.807) is 0 Å². The second-order valence-corrected chi connectivity index (χ2v) is 13.5. The molecule has 36 heavy (non-hydrogen) atoms. The van der Waals surface area contributed by atoms with E-state index in [1.165, 1.54) is 60.6 Å². The van der Waals surface area contributed by atoms with Crippen LogP contribution >= 0.6 is 7.26 Å². The van der Waals surface area contributed by atoms with Crippen molar-refractivity contribution in [2.24, 2.45) is 5.73 Å². The molecule has 3 aromatic carbocycles. The van der Waals surface area contributed by atoms with Gasteiger partial charge in [0.05, 0.1) is 0 Å². The summed E-state index contributed by atoms with van der Waals surface area (Å²) in [5.74, 6) is -0.104. The van der Waals surface area contributed by atoms with E-state index in [2.05, 4.69) is 102 Å². The van der Waals surface area contributed by atoms with E-state index in [-0.39, 0.29) is 11.9 Å². The molecule has 0 spiro atoms. The minimum absolute atomic E-state index is 0.101. The van der Waals surface area contributed by atoms with Crippen LogP contribution in [0.15, 0.2) is 91.0 Å². The first-order valence-corrected chi connectivity index (χ1v) is 15.4. The molecule has 0 unspecified atom stereocenters. The third-order valence-electron chi connectivity index (χ3n) is 6.84. The molecular weight excluding hydrogens is 461 g/mol. The maximum atomic E-state index is 7.60. The molecule has 0 fully saturated rings. The van der Waals surface area contributed by atoms with Crippen LogP contribution in [0.2, 0.25) is 0 Å². The molecule has 0 amide bonds. The zero-order chi connectivity index (χ0) is 25.5. The zero-order valence-electron chi connectivity index (χ0n) is 21.3. The van der Waals surface area contributed by atoms with Crippen molar-refractivity contribution in [3.8, 4) is 0 Å². The molecule has 0 saturated heterocycles. The molecule has 6 N–H and O–H groups in total. The van der Waals surface area contributed by atoms with Gasteiger partial charge in [0.1, 0.15) is 0 Å². The Bertz CT molecular complexity index is 944. The number of guanidine groups is 2. The molecule has 0 aliphatic heterocycles. The van der Waals surface area contributed by atoms with Crippen molar-refractivity contribution in [2.75, 3.05) is 12.7 Å². The summed E-state index contributed by atoms with van der Waals surface area (Å²) in [6.07, 6.45) is 11.0. The SMILES string of the molecule is N=C(N)NC(=N)NCCCCCCCCCC[PH](c1ccccc1)(c1ccccc1)c1ccccc1. The van der Waals surface area contributed by atoms with E-state index in [1.807, 2.05) is 0 Å². The Labute approximate surface area is 217 Å². The van der Waals surface area contributed by atoms with Crippen LogP contribution in [0.25, 0.3) is 0 Å². The summed E-state index contributed by atoms with van der Waals surface area (Å²) in [5.41, 5.74) is 5.22. The zero-order valence-corrected chi connectivity index (χ0v) is 22.3. The van der Waals surface area contributed by atoms with Crippen LogP contribution in [-0.4, -0.2) is 24.6 Å². The monoisotopic (exact) mass is 503 g/mol. The van der Waals surface area contributed by atoms with Gasteiger partial charge in [0.25, 0.3) is 0 Å². The van der Waals surface area contributed by atoms with Crippen molar-refractivity contribution in [2.45, 2.75) is 51.4 Å². The normalized spacial score (nSPS) is 11.6. The summed E-state index contributed by atoms with van der Waals surface area (Å²) >= 11 is 0. The molecule has 0 aliphatic carbocycles. The number of hydrogen-bond donors (Lipinski definition) is 5. The Morgan fingerprint density at radius 2 is 0.972 bits per heavy atom. The summed E-state index contributed by atoms with van der Waals surface area (Å²) in [5, 5.41) is 24.6. The van der Waals surface area contributed by atoms with Gasteiger partial charge in [-0.05, 0) is 0 Å². The molecule has 0 atom stereocenters. The standard InChI is InChI=1S/C30H42N5P/c31-29(32)35-30(33)34-24-16-5-3-1-2-4-6-17-25-36(26-18-10-7-11-19-26,27-20-12-8-13-21-27)28-22-14-9-15-23-28/h7-15,18-23,36H,1-6,16-17,24-25H2,(H6,31,32,33,34,35). The summed E-state index contributed by atoms with van der Waals surface area (Å²) in [6.45, 7) is 0.740. The molecule has 0 heterocycles. The van der Waals surface area contributed by atoms with E-state index in [0.717, 1.165) is 19.4 Å². The first kappa shape index (κ1) is 27.4. The van der Waals surface area contributed by atoms with Gasteiger partial charge in [-0.2, -0.15) is 0 Å². The predicted octanol–water partition coefficient (Wildman–Crippen LogP) is 4.84. The van der Waals surface area contributed by atoms with Crippen LogP contribution in [0, 0.1) is 10.8 Å². The Balaban J connectivity index is 1.50. The maximum absolute atomic E-state index is 7.60. The second kappa shape index (κ2) is 15.1. The molecule has 192 valence electrons. The molecule has 0 aliphatic rings. The topological polar surface area (TPSA) is 97.8 Å². The number of unbranched alkanes of at least 4 members (excludes halogenated alkanes) is 7. The van der Waals surface area contributed by atoms with Gasteiger partial charge in [-0.3, -0.25) is 16.1 Å². The molecule has 5 nitrogen and oxygen atoms in total. The van der Waals surface area contributed by atoms with E-state index in [0.29, 0.717) is 0 Å². The van der Waals surface area contributed by atoms with Crippen LogP contribution in [0.5, 0.6) is 0 Å². The van der Waals surface area contributed by atoms with Gasteiger partial charge < -0.3 is 5.73 Å². The van der Waals surface area contributed by atoms with Crippen molar-refractivity contribution in [1.82, 2.24) is 10.6 Å². The van der Waals surface area contributed by atoms with Gasteiger partial charge in [0.15, 0.2) is 5.96 Å². The van der Waals surface area contributed by atoms with Gasteiger partial charge in [0.2, 0.25) is 0 Å². The van der Waals surface area contributed by atoms with E-state index < -0.39 is 7.26 Å². The third kappa shape index (κ3) is 8.20. The van der Waals surface area contributed by atoms with Crippen molar-refractivity contribution < 1.29 is 0 Å². The molecule has 3 aromatic rings. The predicted molar refractivity (Wildman–Crippen MR) is 159 cm³/mol. The molecule has 3 rings (SSSR count). The molecule has 0 radical (unpaired) electrons. The summed E-state index contributed by atoms with van der Waals surface area (Å²) < 4.78 is 0. The quantitative estimate of drug-likeness (QED) is 0.0942. The summed E-state index contributed by atoms with van der Waals surface area (Å²) in [7, 11) is -2.08. The molecular formula is C30H42N5P. The third-order valence-corrected chi connectivity index (χ3v) is 11.9. The molecule has 6 heteroatoms. The fourth-order valence-electron chi connectivity index (χ4n) is 5.07. The van der Waals surface area contributed by atoms with E-state index in [9.17, 15) is 0 Å². The van der Waals surface area contributed by atoms with Crippen LogP contribution < -0.4 is 32.3 Å². The van der Waals surface area contributed by atoms with Crippen molar-refractivity contribution in [1.29, 1.82) is 10.8 Å². The van der Waals surface area contributed by atoms with Gasteiger partial charge in [-0.15, -0.1) is 0 Å². The Morgan fingerprint density at radius 3 is 1.39 bits per heavy atom. The number of nitrogens with two attached hydrogens (primary N) is 1. The Kier molecular flexibility index (Phi) is 11.5. The van der Waals surface area contributed by atoms with Crippen LogP contribution in [-0.2, 0) is 0 Å². The van der Waals surface area contributed by atoms with Crippen LogP contribution in [0.3, 0.4) is 0 Å². The van der Waals surface area contributed by atoms with Crippen molar-refractivity contribution in [3.63, 3.8) is 0 Å². The first-order chi connectivity index (χ1) is 17.6. The van der Waals surface area contributed by atoms with E-state index in [4.69, 9.17) is 16.6 Å². The van der Waals surface area contributed by atoms with Crippen molar-refractivity contribution >= 4 is 35.1 Å². The molecule has 0 bridgehead atoms. The van der Waals surface area contributed by atoms with Crippen LogP contribution in [0.1, 0.15) is 51.4 Å². The van der Waals surface area contributed by atoms with Gasteiger partial charge in [-0.1, -0.05) is 0 Å². The molecule has 0 saturated carbocycles. The number of nitrogens with one attached hydrogen (secondary N) is 4.